The topological polar surface area (TPSA) is 276 Å². The number of carboxylic acids is 1. The zero-order valence-electron chi connectivity index (χ0n) is 38.3. The van der Waals surface area contributed by atoms with Crippen LogP contribution in [0, 0.1) is 0 Å². The number of benzene rings is 3. The number of aliphatic carboxylic acids is 1. The van der Waals surface area contributed by atoms with E-state index in [0.717, 1.165) is 17.0 Å². The van der Waals surface area contributed by atoms with Gasteiger partial charge in [-0.05, 0) is 136 Å². The van der Waals surface area contributed by atoms with Crippen LogP contribution in [0.4, 0.5) is 11.4 Å². The van der Waals surface area contributed by atoms with Gasteiger partial charge in [-0.15, -0.1) is 0 Å². The summed E-state index contributed by atoms with van der Waals surface area (Å²) in [5.41, 5.74) is 3.69. The molecule has 362 valence electrons. The first-order chi connectivity index (χ1) is 31.1. The van der Waals surface area contributed by atoms with Gasteiger partial charge in [0.05, 0.1) is 30.2 Å². The molecule has 0 radical (unpaired) electrons. The molecule has 0 aromatic heterocycles. The van der Waals surface area contributed by atoms with Gasteiger partial charge in [0, 0.05) is 59.6 Å². The Morgan fingerprint density at radius 2 is 1.38 bits per heavy atom. The van der Waals surface area contributed by atoms with Crippen LogP contribution in [0.5, 0.6) is 5.75 Å². The average Bonchev–Trinajstić information content (AvgIpc) is 3.57. The van der Waals surface area contributed by atoms with Gasteiger partial charge >= 0.3 is 35.5 Å². The molecule has 0 bridgehead atoms. The maximum Gasteiger partial charge on any atom is 1.00 e. The fraction of sp³-hybridized carbons (Fsp3) is 0.391. The molecule has 17 nitrogen and oxygen atoms in total. The number of nitrogens with zero attached hydrogens (tertiary/aromatic N) is 2. The molecule has 2 heterocycles. The minimum atomic E-state index is -4.82. The minimum absolute atomic E-state index is 0. The van der Waals surface area contributed by atoms with Crippen molar-refractivity contribution < 1.29 is 101 Å². The van der Waals surface area contributed by atoms with Crippen LogP contribution in [-0.4, -0.2) is 92.1 Å². The van der Waals surface area contributed by atoms with Gasteiger partial charge in [0.1, 0.15) is 28.2 Å². The number of fused-ring (bicyclic) bond motifs is 2. The number of anilines is 1. The van der Waals surface area contributed by atoms with Gasteiger partial charge in [-0.2, -0.15) is 21.4 Å². The molecule has 0 amide bonds. The van der Waals surface area contributed by atoms with E-state index in [0.29, 0.717) is 78.9 Å². The molecule has 0 saturated carbocycles. The van der Waals surface area contributed by atoms with Gasteiger partial charge in [-0.25, -0.2) is 16.8 Å². The second-order valence-corrected chi connectivity index (χ2v) is 23.5. The summed E-state index contributed by atoms with van der Waals surface area (Å²) in [6.07, 6.45) is 11.2. The molecule has 0 saturated heterocycles. The number of allylic oxidation sites excluding steroid dienone is 7. The van der Waals surface area contributed by atoms with Gasteiger partial charge in [-0.1, -0.05) is 26.3 Å². The van der Waals surface area contributed by atoms with Gasteiger partial charge in [0.2, 0.25) is 5.69 Å². The number of hydrogen-bond donors (Lipinski definition) is 3. The Morgan fingerprint density at radius 1 is 0.750 bits per heavy atom. The second-order valence-electron chi connectivity index (χ2n) is 17.7. The van der Waals surface area contributed by atoms with E-state index in [1.165, 1.54) is 54.6 Å². The molecular weight excluding hydrogens is 972 g/mol. The quantitative estimate of drug-likeness (QED) is 0.0659. The molecule has 0 atom stereocenters. The van der Waals surface area contributed by atoms with E-state index < -0.39 is 67.9 Å². The third-order valence-corrected chi connectivity index (χ3v) is 15.7. The number of carboxylic acid groups (broad SMARTS) is 1. The molecule has 3 aliphatic rings. The smallest absolute Gasteiger partial charge is 0.748 e. The fourth-order valence-electron chi connectivity index (χ4n) is 8.89. The van der Waals surface area contributed by atoms with Crippen LogP contribution < -0.4 is 39.2 Å². The maximum absolute atomic E-state index is 12.2. The number of hydrogen-bond acceptors (Lipinski definition) is 13. The van der Waals surface area contributed by atoms with Crippen LogP contribution >= 0.6 is 0 Å². The number of carbonyl (C=O) groups is 1. The van der Waals surface area contributed by atoms with Crippen molar-refractivity contribution in [3.05, 3.63) is 119 Å². The van der Waals surface area contributed by atoms with Crippen LogP contribution in [0.15, 0.2) is 122 Å². The first-order valence-corrected chi connectivity index (χ1v) is 27.3. The van der Waals surface area contributed by atoms with Gasteiger partial charge < -0.3 is 23.8 Å². The molecule has 22 heteroatoms. The van der Waals surface area contributed by atoms with E-state index in [1.807, 2.05) is 61.5 Å². The Morgan fingerprint density at radius 3 is 2.00 bits per heavy atom. The van der Waals surface area contributed by atoms with E-state index in [4.69, 9.17) is 4.74 Å². The molecule has 1 aliphatic carbocycles. The van der Waals surface area contributed by atoms with Crippen LogP contribution in [0.1, 0.15) is 96.6 Å². The van der Waals surface area contributed by atoms with Crippen molar-refractivity contribution in [2.45, 2.75) is 111 Å². The normalized spacial score (nSPS) is 18.3. The summed E-state index contributed by atoms with van der Waals surface area (Å²) in [4.78, 5) is 12.2. The Bertz CT molecular complexity index is 3080. The molecular formula is C46H53N2NaO15S4. The maximum atomic E-state index is 12.2. The zero-order valence-corrected chi connectivity index (χ0v) is 43.6. The summed E-state index contributed by atoms with van der Waals surface area (Å²) in [7, 11) is -18.4. The third-order valence-electron chi connectivity index (χ3n) is 12.3. The van der Waals surface area contributed by atoms with E-state index in [1.54, 1.807) is 6.07 Å². The number of rotatable bonds is 19. The Labute approximate surface area is 420 Å². The summed E-state index contributed by atoms with van der Waals surface area (Å²) in [5, 5.41) is 9.18. The molecule has 0 spiro atoms. The summed E-state index contributed by atoms with van der Waals surface area (Å²) >= 11 is 0. The van der Waals surface area contributed by atoms with Gasteiger partial charge in [0.15, 0.2) is 5.71 Å². The molecule has 68 heavy (non-hydrogen) atoms. The molecule has 2 aliphatic heterocycles. The van der Waals surface area contributed by atoms with E-state index in [9.17, 15) is 61.8 Å². The molecule has 3 aromatic carbocycles. The Hall–Kier alpha value is -4.00. The fourth-order valence-corrected chi connectivity index (χ4v) is 10.9. The molecule has 0 fully saturated rings. The molecule has 0 unspecified atom stereocenters. The monoisotopic (exact) mass is 1020 g/mol. The first-order valence-electron chi connectivity index (χ1n) is 21.5. The van der Waals surface area contributed by atoms with E-state index >= 15 is 0 Å². The summed E-state index contributed by atoms with van der Waals surface area (Å²) < 4.78 is 147. The predicted octanol–water partition coefficient (Wildman–Crippen LogP) is 4.12. The van der Waals surface area contributed by atoms with Crippen molar-refractivity contribution in [1.82, 2.24) is 0 Å². The minimum Gasteiger partial charge on any atom is -0.748 e. The van der Waals surface area contributed by atoms with E-state index in [2.05, 4.69) is 0 Å². The number of unbranched alkanes of at least 4 members (excludes halogenated alkanes) is 3. The molecule has 3 aromatic rings. The van der Waals surface area contributed by atoms with Gasteiger partial charge in [0.25, 0.3) is 20.2 Å². The largest absolute Gasteiger partial charge is 1.00 e. The Balaban J connectivity index is 0.00000864. The standard InChI is InChI=1S/C46H54N2O15S4.Na/c1-45(2)37-29-35(66(57,58)59)20-22-39(37)47(26-7-5-6-13-43(49)50)41(45)24-14-31-11-10-12-32(44(31)63-33-16-18-34(19-17-33)65(54,55)56)15-25-42-46(3,4)38-30-36(67(60,61)62)21-23-40(38)48(42)27-8-9-28-64(51,52)53;/h14-25,29-30H,5-13,26-28H2,1-4H3,(H4-,49,50,51,52,53,54,55,56,57,58,59,60,61,62);/q;+1/p-1. The van der Waals surface area contributed by atoms with Crippen LogP contribution in [-0.2, 0) is 56.1 Å². The van der Waals surface area contributed by atoms with Crippen molar-refractivity contribution in [3.63, 3.8) is 0 Å². The van der Waals surface area contributed by atoms with Crippen LogP contribution in [0.2, 0.25) is 0 Å². The summed E-state index contributed by atoms with van der Waals surface area (Å²) in [6, 6.07) is 13.7. The third kappa shape index (κ3) is 12.8. The first kappa shape index (κ1) is 54.9. The van der Waals surface area contributed by atoms with Crippen molar-refractivity contribution in [2.75, 3.05) is 23.7 Å². The van der Waals surface area contributed by atoms with Crippen molar-refractivity contribution >= 4 is 63.5 Å². The molecule has 3 N–H and O–H groups in total. The average molecular weight is 1030 g/mol. The summed E-state index contributed by atoms with van der Waals surface area (Å²) in [5.74, 6) is -0.807. The van der Waals surface area contributed by atoms with Crippen LogP contribution in [0.3, 0.4) is 0 Å². The number of ether oxygens (including phenoxy) is 1. The SMILES string of the molecule is CC1(C)C(/C=C\C2=C(Oc3ccc(S(=O)(=O)O)cc3)C(=C/C=C3\N(CCCCCC(=O)O)c4ccc(S(=O)(=O)O)cc4C3(C)C)/CCC2)=[N+](CCCCS(=O)(=O)[O-])c2ccc(S(=O)(=O)[O-])cc21.[Na+]. The van der Waals surface area contributed by atoms with Crippen molar-refractivity contribution in [1.29, 1.82) is 0 Å². The summed E-state index contributed by atoms with van der Waals surface area (Å²) in [6.45, 7) is 8.27. The zero-order chi connectivity index (χ0) is 49.3. The second kappa shape index (κ2) is 21.2. The van der Waals surface area contributed by atoms with E-state index in [-0.39, 0.29) is 70.9 Å². The van der Waals surface area contributed by atoms with Crippen LogP contribution in [0.25, 0.3) is 0 Å². The van der Waals surface area contributed by atoms with Crippen molar-refractivity contribution in [2.24, 2.45) is 0 Å². The predicted molar refractivity (Wildman–Crippen MR) is 247 cm³/mol. The van der Waals surface area contributed by atoms with Gasteiger partial charge in [-0.3, -0.25) is 13.9 Å². The Kier molecular flexibility index (Phi) is 17.1. The van der Waals surface area contributed by atoms with Crippen molar-refractivity contribution in [3.8, 4) is 5.75 Å². The molecule has 6 rings (SSSR count).